The Hall–Kier alpha value is -4.21. The van der Waals surface area contributed by atoms with E-state index in [1.807, 2.05) is 19.1 Å². The summed E-state index contributed by atoms with van der Waals surface area (Å²) < 4.78 is 8.20. The summed E-state index contributed by atoms with van der Waals surface area (Å²) in [4.78, 5) is 20.2. The van der Waals surface area contributed by atoms with E-state index < -0.39 is 6.09 Å². The predicted molar refractivity (Wildman–Crippen MR) is 104 cm³/mol. The number of fused-ring (bicyclic) bond motifs is 2. The van der Waals surface area contributed by atoms with Gasteiger partial charge in [0.25, 0.3) is 0 Å². The van der Waals surface area contributed by atoms with E-state index in [1.165, 1.54) is 17.0 Å². The maximum Gasteiger partial charge on any atom is 0.416 e. The Morgan fingerprint density at radius 1 is 1.28 bits per heavy atom. The van der Waals surface area contributed by atoms with Crippen LogP contribution in [0, 0.1) is 6.92 Å². The summed E-state index contributed by atoms with van der Waals surface area (Å²) in [5, 5.41) is 18.8. The van der Waals surface area contributed by atoms with Gasteiger partial charge in [-0.25, -0.2) is 14.5 Å². The number of furan rings is 1. The lowest BCUT2D eigenvalue weighted by molar-refractivity contribution is 0.197. The maximum absolute atomic E-state index is 11.6. The van der Waals surface area contributed by atoms with Gasteiger partial charge in [-0.15, -0.1) is 5.10 Å². The summed E-state index contributed by atoms with van der Waals surface area (Å²) in [5.74, 6) is 0.574. The largest absolute Gasteiger partial charge is 0.464 e. The molecule has 1 aromatic carbocycles. The normalized spacial score (nSPS) is 11.5. The van der Waals surface area contributed by atoms with Crippen LogP contribution in [0.4, 0.5) is 10.7 Å². The molecule has 5 aromatic rings. The van der Waals surface area contributed by atoms with E-state index in [4.69, 9.17) is 10.2 Å². The number of nitrogen functional groups attached to an aromatic ring is 1. The standard InChI is InChI=1S/C19H15N7O3/c1-10-7-11-4-5-25(19(27)28)16(11)12(8-10)9-26-17-15(23-24-26)14(21-18(20)22-17)13-3-2-6-29-13/h2-8H,9H2,1H3,(H,27,28)(H2,20,21,22). The zero-order chi connectivity index (χ0) is 20.1. The van der Waals surface area contributed by atoms with Gasteiger partial charge in [-0.3, -0.25) is 4.57 Å². The van der Waals surface area contributed by atoms with Crippen molar-refractivity contribution < 1.29 is 14.3 Å². The van der Waals surface area contributed by atoms with E-state index >= 15 is 0 Å². The van der Waals surface area contributed by atoms with Gasteiger partial charge in [0.05, 0.1) is 18.3 Å². The third-order valence-electron chi connectivity index (χ3n) is 4.67. The molecule has 3 N–H and O–H groups in total. The number of hydrogen-bond acceptors (Lipinski definition) is 7. The Balaban J connectivity index is 1.69. The maximum atomic E-state index is 11.6. The molecule has 0 atom stereocenters. The van der Waals surface area contributed by atoms with Crippen molar-refractivity contribution >= 4 is 34.1 Å². The first-order valence-corrected chi connectivity index (χ1v) is 8.76. The third-order valence-corrected chi connectivity index (χ3v) is 4.67. The fourth-order valence-electron chi connectivity index (χ4n) is 3.54. The summed E-state index contributed by atoms with van der Waals surface area (Å²) in [6, 6.07) is 9.13. The Bertz CT molecular complexity index is 1380. The summed E-state index contributed by atoms with van der Waals surface area (Å²) >= 11 is 0. The molecule has 29 heavy (non-hydrogen) atoms. The smallest absolute Gasteiger partial charge is 0.416 e. The molecule has 5 rings (SSSR count). The molecular weight excluding hydrogens is 374 g/mol. The topological polar surface area (TPSA) is 138 Å². The molecule has 0 saturated heterocycles. The number of benzene rings is 1. The third kappa shape index (κ3) is 2.69. The first-order valence-electron chi connectivity index (χ1n) is 8.76. The highest BCUT2D eigenvalue weighted by Crippen LogP contribution is 2.27. The molecule has 0 unspecified atom stereocenters. The van der Waals surface area contributed by atoms with Gasteiger partial charge in [0.1, 0.15) is 5.69 Å². The van der Waals surface area contributed by atoms with Crippen LogP contribution in [0.15, 0.2) is 47.2 Å². The Morgan fingerprint density at radius 2 is 2.14 bits per heavy atom. The molecule has 0 saturated carbocycles. The first kappa shape index (κ1) is 16.9. The lowest BCUT2D eigenvalue weighted by Gasteiger charge is -2.09. The summed E-state index contributed by atoms with van der Waals surface area (Å²) in [5.41, 5.74) is 9.61. The van der Waals surface area contributed by atoms with Gasteiger partial charge in [0.15, 0.2) is 16.9 Å². The van der Waals surface area contributed by atoms with E-state index in [1.54, 1.807) is 22.9 Å². The molecule has 4 heterocycles. The molecule has 10 heteroatoms. The van der Waals surface area contributed by atoms with Crippen molar-refractivity contribution in [1.82, 2.24) is 29.5 Å². The second kappa shape index (κ2) is 6.16. The number of nitrogens with zero attached hydrogens (tertiary/aromatic N) is 6. The highest BCUT2D eigenvalue weighted by atomic mass is 16.4. The van der Waals surface area contributed by atoms with Crippen molar-refractivity contribution in [1.29, 1.82) is 0 Å². The van der Waals surface area contributed by atoms with Crippen LogP contribution in [0.2, 0.25) is 0 Å². The van der Waals surface area contributed by atoms with Gasteiger partial charge in [-0.05, 0) is 36.8 Å². The van der Waals surface area contributed by atoms with E-state index in [0.29, 0.717) is 28.1 Å². The number of anilines is 1. The molecule has 144 valence electrons. The van der Waals surface area contributed by atoms with Crippen molar-refractivity contribution in [2.45, 2.75) is 13.5 Å². The minimum Gasteiger partial charge on any atom is -0.464 e. The minimum absolute atomic E-state index is 0.0655. The van der Waals surface area contributed by atoms with Crippen LogP contribution in [-0.2, 0) is 6.54 Å². The van der Waals surface area contributed by atoms with Crippen molar-refractivity contribution in [2.75, 3.05) is 5.73 Å². The van der Waals surface area contributed by atoms with Crippen LogP contribution >= 0.6 is 0 Å². The second-order valence-electron chi connectivity index (χ2n) is 6.66. The SMILES string of the molecule is Cc1cc(Cn2nnc3c(-c4ccco4)nc(N)nc32)c2c(ccn2C(=O)O)c1. The molecule has 0 radical (unpaired) electrons. The van der Waals surface area contributed by atoms with Crippen LogP contribution in [-0.4, -0.2) is 40.7 Å². The quantitative estimate of drug-likeness (QED) is 0.480. The molecule has 0 bridgehead atoms. The van der Waals surface area contributed by atoms with Gasteiger partial charge in [0.2, 0.25) is 5.95 Å². The molecule has 0 aliphatic rings. The zero-order valence-corrected chi connectivity index (χ0v) is 15.3. The highest BCUT2D eigenvalue weighted by Gasteiger charge is 2.19. The zero-order valence-electron chi connectivity index (χ0n) is 15.3. The molecular formula is C19H15N7O3. The summed E-state index contributed by atoms with van der Waals surface area (Å²) in [6.45, 7) is 2.22. The van der Waals surface area contributed by atoms with E-state index in [0.717, 1.165) is 16.5 Å². The van der Waals surface area contributed by atoms with Crippen molar-refractivity contribution in [2.24, 2.45) is 0 Å². The van der Waals surface area contributed by atoms with Gasteiger partial charge in [0, 0.05) is 11.6 Å². The number of aromatic nitrogens is 6. The van der Waals surface area contributed by atoms with Crippen LogP contribution in [0.3, 0.4) is 0 Å². The van der Waals surface area contributed by atoms with Crippen LogP contribution in [0.25, 0.3) is 33.5 Å². The summed E-state index contributed by atoms with van der Waals surface area (Å²) in [7, 11) is 0. The number of aryl methyl sites for hydroxylation is 1. The molecule has 0 aliphatic carbocycles. The Labute approximate surface area is 163 Å². The number of carboxylic acid groups (broad SMARTS) is 1. The monoisotopic (exact) mass is 389 g/mol. The van der Waals surface area contributed by atoms with Crippen LogP contribution < -0.4 is 5.73 Å². The lowest BCUT2D eigenvalue weighted by atomic mass is 10.1. The number of hydrogen-bond donors (Lipinski definition) is 2. The molecule has 10 nitrogen and oxygen atoms in total. The molecule has 4 aromatic heterocycles. The fourth-order valence-corrected chi connectivity index (χ4v) is 3.54. The van der Waals surface area contributed by atoms with Crippen LogP contribution in [0.5, 0.6) is 0 Å². The minimum atomic E-state index is -1.06. The highest BCUT2D eigenvalue weighted by molar-refractivity contribution is 5.92. The van der Waals surface area contributed by atoms with Crippen molar-refractivity contribution in [3.63, 3.8) is 0 Å². The van der Waals surface area contributed by atoms with Gasteiger partial charge < -0.3 is 15.3 Å². The Morgan fingerprint density at radius 3 is 2.90 bits per heavy atom. The second-order valence-corrected chi connectivity index (χ2v) is 6.66. The number of nitrogens with two attached hydrogens (primary N) is 1. The molecule has 0 fully saturated rings. The van der Waals surface area contributed by atoms with Gasteiger partial charge >= 0.3 is 6.09 Å². The fraction of sp³-hybridized carbons (Fsp3) is 0.105. The number of rotatable bonds is 3. The molecule has 0 amide bonds. The summed E-state index contributed by atoms with van der Waals surface area (Å²) in [6.07, 6.45) is 2.01. The van der Waals surface area contributed by atoms with E-state index in [-0.39, 0.29) is 12.5 Å². The van der Waals surface area contributed by atoms with Crippen molar-refractivity contribution in [3.8, 4) is 11.5 Å². The van der Waals surface area contributed by atoms with Gasteiger partial charge in [-0.2, -0.15) is 4.98 Å². The average Bonchev–Trinajstić information content (AvgIpc) is 3.40. The Kier molecular flexibility index (Phi) is 3.60. The van der Waals surface area contributed by atoms with Crippen molar-refractivity contribution in [3.05, 3.63) is 53.9 Å². The number of carbonyl (C=O) groups is 1. The average molecular weight is 389 g/mol. The van der Waals surface area contributed by atoms with Crippen LogP contribution in [0.1, 0.15) is 11.1 Å². The first-order chi connectivity index (χ1) is 14.0. The predicted octanol–water partition coefficient (Wildman–Crippen LogP) is 2.90. The molecule has 0 aliphatic heterocycles. The van der Waals surface area contributed by atoms with E-state index in [2.05, 4.69) is 20.3 Å². The lowest BCUT2D eigenvalue weighted by Crippen LogP contribution is -2.10. The van der Waals surface area contributed by atoms with E-state index in [9.17, 15) is 9.90 Å². The van der Waals surface area contributed by atoms with Gasteiger partial charge in [-0.1, -0.05) is 16.8 Å². The molecule has 0 spiro atoms.